The maximum atomic E-state index is 12.9. The third-order valence-electron chi connectivity index (χ3n) is 4.30. The molecule has 1 amide bonds. The number of aryl methyl sites for hydroxylation is 1. The molecule has 1 saturated heterocycles. The second-order valence-electron chi connectivity index (χ2n) is 5.74. The van der Waals surface area contributed by atoms with Crippen LogP contribution in [-0.2, 0) is 0 Å². The predicted molar refractivity (Wildman–Crippen MR) is 84.0 cm³/mol. The molecule has 0 aliphatic carbocycles. The van der Waals surface area contributed by atoms with Gasteiger partial charge in [-0.25, -0.2) is 0 Å². The summed E-state index contributed by atoms with van der Waals surface area (Å²) in [6, 6.07) is 5.84. The number of likely N-dealkylation sites (tertiary alicyclic amines) is 1. The highest BCUT2D eigenvalue weighted by Crippen LogP contribution is 2.28. The summed E-state index contributed by atoms with van der Waals surface area (Å²) in [5, 5.41) is 0.959. The number of nitrogens with zero attached hydrogens (tertiary/aromatic N) is 1. The number of aromatic amines is 1. The molecule has 1 N–H and O–H groups in total. The molecule has 3 rings (SSSR count). The molecule has 0 unspecified atom stereocenters. The van der Waals surface area contributed by atoms with Gasteiger partial charge in [0.2, 0.25) is 0 Å². The third-order valence-corrected chi connectivity index (χ3v) is 4.30. The lowest BCUT2D eigenvalue weighted by Gasteiger charge is -2.20. The molecule has 4 heteroatoms. The summed E-state index contributed by atoms with van der Waals surface area (Å²) in [7, 11) is 1.65. The van der Waals surface area contributed by atoms with Crippen molar-refractivity contribution in [1.29, 1.82) is 0 Å². The number of nitrogens with one attached hydrogen (secondary N) is 1. The van der Waals surface area contributed by atoms with Crippen LogP contribution < -0.4 is 4.74 Å². The van der Waals surface area contributed by atoms with E-state index in [1.54, 1.807) is 7.11 Å². The maximum Gasteiger partial charge on any atom is 0.256 e. The van der Waals surface area contributed by atoms with Crippen molar-refractivity contribution in [1.82, 2.24) is 9.88 Å². The minimum Gasteiger partial charge on any atom is -0.497 e. The first-order valence-electron chi connectivity index (χ1n) is 7.66. The molecular formula is C17H22N2O2. The van der Waals surface area contributed by atoms with E-state index in [1.807, 2.05) is 30.0 Å². The second-order valence-corrected chi connectivity index (χ2v) is 5.74. The highest BCUT2D eigenvalue weighted by Gasteiger charge is 2.22. The summed E-state index contributed by atoms with van der Waals surface area (Å²) < 4.78 is 5.29. The first kappa shape index (κ1) is 14.0. The fourth-order valence-electron chi connectivity index (χ4n) is 3.14. The molecule has 0 bridgehead atoms. The highest BCUT2D eigenvalue weighted by molar-refractivity contribution is 6.08. The molecule has 0 radical (unpaired) electrons. The van der Waals surface area contributed by atoms with Crippen molar-refractivity contribution in [3.63, 3.8) is 0 Å². The van der Waals surface area contributed by atoms with Gasteiger partial charge in [0, 0.05) is 29.7 Å². The zero-order valence-corrected chi connectivity index (χ0v) is 12.7. The number of hydrogen-bond acceptors (Lipinski definition) is 2. The molecule has 1 aromatic carbocycles. The second kappa shape index (κ2) is 5.80. The van der Waals surface area contributed by atoms with Gasteiger partial charge in [-0.1, -0.05) is 12.8 Å². The van der Waals surface area contributed by atoms with Gasteiger partial charge in [-0.3, -0.25) is 4.79 Å². The monoisotopic (exact) mass is 286 g/mol. The van der Waals surface area contributed by atoms with E-state index in [0.717, 1.165) is 53.8 Å². The largest absolute Gasteiger partial charge is 0.497 e. The Morgan fingerprint density at radius 2 is 1.90 bits per heavy atom. The smallest absolute Gasteiger partial charge is 0.256 e. The SMILES string of the molecule is COc1ccc2[nH]c(C)c(C(=O)N3CCCCCC3)c2c1. The summed E-state index contributed by atoms with van der Waals surface area (Å²) in [4.78, 5) is 18.2. The van der Waals surface area contributed by atoms with Gasteiger partial charge in [-0.05, 0) is 38.0 Å². The van der Waals surface area contributed by atoms with Crippen LogP contribution in [0.4, 0.5) is 0 Å². The van der Waals surface area contributed by atoms with E-state index in [9.17, 15) is 4.79 Å². The third kappa shape index (κ3) is 2.62. The van der Waals surface area contributed by atoms with E-state index in [1.165, 1.54) is 12.8 Å². The first-order chi connectivity index (χ1) is 10.2. The van der Waals surface area contributed by atoms with Gasteiger partial charge >= 0.3 is 0 Å². The number of hydrogen-bond donors (Lipinski definition) is 1. The van der Waals surface area contributed by atoms with Gasteiger partial charge in [0.1, 0.15) is 5.75 Å². The van der Waals surface area contributed by atoms with Crippen molar-refractivity contribution in [2.45, 2.75) is 32.6 Å². The van der Waals surface area contributed by atoms with Gasteiger partial charge < -0.3 is 14.6 Å². The summed E-state index contributed by atoms with van der Waals surface area (Å²) in [5.74, 6) is 0.931. The van der Waals surface area contributed by atoms with Crippen molar-refractivity contribution in [3.05, 3.63) is 29.5 Å². The van der Waals surface area contributed by atoms with Gasteiger partial charge in [0.25, 0.3) is 5.91 Å². The van der Waals surface area contributed by atoms with Crippen molar-refractivity contribution in [3.8, 4) is 5.75 Å². The Bertz CT molecular complexity index is 652. The number of carbonyl (C=O) groups excluding carboxylic acids is 1. The lowest BCUT2D eigenvalue weighted by Crippen LogP contribution is -2.32. The number of rotatable bonds is 2. The van der Waals surface area contributed by atoms with Crippen LogP contribution in [-0.4, -0.2) is 36.0 Å². The zero-order chi connectivity index (χ0) is 14.8. The van der Waals surface area contributed by atoms with Crippen LogP contribution in [0.1, 0.15) is 41.7 Å². The van der Waals surface area contributed by atoms with E-state index < -0.39 is 0 Å². The van der Waals surface area contributed by atoms with E-state index >= 15 is 0 Å². The van der Waals surface area contributed by atoms with Crippen LogP contribution in [0.3, 0.4) is 0 Å². The van der Waals surface area contributed by atoms with Crippen molar-refractivity contribution >= 4 is 16.8 Å². The van der Waals surface area contributed by atoms with Gasteiger partial charge in [0.05, 0.1) is 12.7 Å². The summed E-state index contributed by atoms with van der Waals surface area (Å²) in [6.45, 7) is 3.71. The number of carbonyl (C=O) groups is 1. The summed E-state index contributed by atoms with van der Waals surface area (Å²) in [5.41, 5.74) is 2.73. The van der Waals surface area contributed by atoms with Crippen LogP contribution in [0.2, 0.25) is 0 Å². The molecule has 21 heavy (non-hydrogen) atoms. The molecule has 1 aliphatic rings. The van der Waals surface area contributed by atoms with Crippen molar-refractivity contribution in [2.24, 2.45) is 0 Å². The fourth-order valence-corrected chi connectivity index (χ4v) is 3.14. The van der Waals surface area contributed by atoms with Crippen LogP contribution in [0.25, 0.3) is 10.9 Å². The molecular weight excluding hydrogens is 264 g/mol. The van der Waals surface area contributed by atoms with Crippen LogP contribution in [0, 0.1) is 6.92 Å². The van der Waals surface area contributed by atoms with Gasteiger partial charge in [-0.2, -0.15) is 0 Å². The number of benzene rings is 1. The average molecular weight is 286 g/mol. The van der Waals surface area contributed by atoms with Gasteiger partial charge in [0.15, 0.2) is 0 Å². The van der Waals surface area contributed by atoms with E-state index in [4.69, 9.17) is 4.74 Å². The standard InChI is InChI=1S/C17H22N2O2/c1-12-16(17(20)19-9-5-3-4-6-10-19)14-11-13(21-2)7-8-15(14)18-12/h7-8,11,18H,3-6,9-10H2,1-2H3. The average Bonchev–Trinajstić information content (AvgIpc) is 2.68. The van der Waals surface area contributed by atoms with Crippen LogP contribution in [0.5, 0.6) is 5.75 Å². The summed E-state index contributed by atoms with van der Waals surface area (Å²) >= 11 is 0. The predicted octanol–water partition coefficient (Wildman–Crippen LogP) is 3.50. The van der Waals surface area contributed by atoms with Crippen LogP contribution in [0.15, 0.2) is 18.2 Å². The molecule has 0 atom stereocenters. The Hall–Kier alpha value is -1.97. The Kier molecular flexibility index (Phi) is 3.86. The van der Waals surface area contributed by atoms with E-state index in [0.29, 0.717) is 0 Å². The molecule has 0 saturated carbocycles. The number of aromatic nitrogens is 1. The number of fused-ring (bicyclic) bond motifs is 1. The molecule has 4 nitrogen and oxygen atoms in total. The number of methoxy groups -OCH3 is 1. The Morgan fingerprint density at radius 1 is 1.19 bits per heavy atom. The zero-order valence-electron chi connectivity index (χ0n) is 12.7. The minimum atomic E-state index is 0.147. The van der Waals surface area contributed by atoms with Crippen LogP contribution >= 0.6 is 0 Å². The first-order valence-corrected chi connectivity index (χ1v) is 7.66. The molecule has 112 valence electrons. The van der Waals surface area contributed by atoms with Gasteiger partial charge in [-0.15, -0.1) is 0 Å². The quantitative estimate of drug-likeness (QED) is 0.918. The minimum absolute atomic E-state index is 0.147. The Balaban J connectivity index is 2.01. The van der Waals surface area contributed by atoms with E-state index in [2.05, 4.69) is 4.98 Å². The number of amides is 1. The van der Waals surface area contributed by atoms with E-state index in [-0.39, 0.29) is 5.91 Å². The highest BCUT2D eigenvalue weighted by atomic mass is 16.5. The lowest BCUT2D eigenvalue weighted by molar-refractivity contribution is 0.0763. The topological polar surface area (TPSA) is 45.3 Å². The Labute approximate surface area is 125 Å². The molecule has 2 aromatic rings. The number of H-pyrrole nitrogens is 1. The molecule has 0 spiro atoms. The molecule has 1 fully saturated rings. The van der Waals surface area contributed by atoms with Crippen molar-refractivity contribution < 1.29 is 9.53 Å². The summed E-state index contributed by atoms with van der Waals surface area (Å²) in [6.07, 6.45) is 4.67. The lowest BCUT2D eigenvalue weighted by atomic mass is 10.1. The molecule has 2 heterocycles. The van der Waals surface area contributed by atoms with Crippen molar-refractivity contribution in [2.75, 3.05) is 20.2 Å². The molecule has 1 aliphatic heterocycles. The Morgan fingerprint density at radius 3 is 2.57 bits per heavy atom. The molecule has 1 aromatic heterocycles. The fraction of sp³-hybridized carbons (Fsp3) is 0.471. The number of ether oxygens (including phenoxy) is 1. The normalized spacial score (nSPS) is 16.0. The maximum absolute atomic E-state index is 12.9.